The minimum atomic E-state index is -3.49. The second kappa shape index (κ2) is 7.84. The number of halogens is 1. The molecule has 11 heteroatoms. The van der Waals surface area contributed by atoms with Crippen molar-refractivity contribution in [1.29, 1.82) is 0 Å². The highest BCUT2D eigenvalue weighted by atomic mass is 35.5. The predicted molar refractivity (Wildman–Crippen MR) is 115 cm³/mol. The standard InChI is InChI=1S/C19H21ClN4O5S/c1-11(2)10-28-19-14(20)6-12(9-21-19)24-4-5-27-17-7-13-16(8-15(17)24)29-22-18(13)23-30(3,25)26/h6-9,11H,4-5,10H2,1-3H3,(H,22,23). The molecule has 30 heavy (non-hydrogen) atoms. The van der Waals surface area contributed by atoms with Crippen molar-refractivity contribution >= 4 is 49.8 Å². The van der Waals surface area contributed by atoms with Gasteiger partial charge >= 0.3 is 0 Å². The molecule has 0 spiro atoms. The van der Waals surface area contributed by atoms with E-state index in [1.807, 2.05) is 18.7 Å². The van der Waals surface area contributed by atoms with Gasteiger partial charge in [0.05, 0.1) is 42.4 Å². The monoisotopic (exact) mass is 452 g/mol. The quantitative estimate of drug-likeness (QED) is 0.601. The molecule has 0 radical (unpaired) electrons. The van der Waals surface area contributed by atoms with Crippen LogP contribution >= 0.6 is 11.6 Å². The molecule has 160 valence electrons. The van der Waals surface area contributed by atoms with Gasteiger partial charge in [0, 0.05) is 6.07 Å². The van der Waals surface area contributed by atoms with Gasteiger partial charge in [0.25, 0.3) is 0 Å². The highest BCUT2D eigenvalue weighted by molar-refractivity contribution is 7.92. The summed E-state index contributed by atoms with van der Waals surface area (Å²) in [5, 5.41) is 4.75. The Kier molecular flexibility index (Phi) is 5.37. The fourth-order valence-corrected chi connectivity index (χ4v) is 3.79. The molecule has 0 fully saturated rings. The van der Waals surface area contributed by atoms with Gasteiger partial charge < -0.3 is 18.9 Å². The van der Waals surface area contributed by atoms with E-state index in [2.05, 4.69) is 14.9 Å². The molecule has 0 aliphatic carbocycles. The number of rotatable bonds is 6. The van der Waals surface area contributed by atoms with Crippen molar-refractivity contribution in [1.82, 2.24) is 10.1 Å². The van der Waals surface area contributed by atoms with Crippen molar-refractivity contribution < 1.29 is 22.4 Å². The number of ether oxygens (including phenoxy) is 2. The van der Waals surface area contributed by atoms with Gasteiger partial charge in [0.15, 0.2) is 11.4 Å². The average Bonchev–Trinajstić information content (AvgIpc) is 3.04. The molecule has 1 aliphatic heterocycles. The third-order valence-electron chi connectivity index (χ3n) is 4.35. The van der Waals surface area contributed by atoms with Gasteiger partial charge in [-0.05, 0) is 18.1 Å². The van der Waals surface area contributed by atoms with Crippen molar-refractivity contribution in [3.05, 3.63) is 29.4 Å². The highest BCUT2D eigenvalue weighted by Crippen LogP contribution is 2.42. The van der Waals surface area contributed by atoms with Crippen molar-refractivity contribution in [2.24, 2.45) is 5.92 Å². The Bertz CT molecular complexity index is 1200. The molecule has 1 aliphatic rings. The summed E-state index contributed by atoms with van der Waals surface area (Å²) in [5.74, 6) is 1.45. The summed E-state index contributed by atoms with van der Waals surface area (Å²) < 4.78 is 42.2. The number of hydrogen-bond acceptors (Lipinski definition) is 8. The zero-order valence-corrected chi connectivity index (χ0v) is 18.2. The lowest BCUT2D eigenvalue weighted by molar-refractivity contribution is 0.261. The Labute approximate surface area is 179 Å². The first-order valence-electron chi connectivity index (χ1n) is 9.31. The molecule has 0 bridgehead atoms. The fraction of sp³-hybridized carbons (Fsp3) is 0.368. The first-order valence-corrected chi connectivity index (χ1v) is 11.6. The van der Waals surface area contributed by atoms with Gasteiger partial charge in [-0.2, -0.15) is 0 Å². The van der Waals surface area contributed by atoms with Crippen molar-refractivity contribution in [3.8, 4) is 11.6 Å². The zero-order valence-electron chi connectivity index (χ0n) is 16.7. The van der Waals surface area contributed by atoms with Gasteiger partial charge in [0.1, 0.15) is 17.4 Å². The molecule has 0 unspecified atom stereocenters. The van der Waals surface area contributed by atoms with E-state index in [-0.39, 0.29) is 5.82 Å². The second-order valence-corrected chi connectivity index (χ2v) is 9.56. The number of sulfonamides is 1. The number of benzene rings is 1. The number of aromatic nitrogens is 2. The first-order chi connectivity index (χ1) is 14.2. The molecule has 0 saturated carbocycles. The molecular weight excluding hydrogens is 432 g/mol. The minimum Gasteiger partial charge on any atom is -0.490 e. The highest BCUT2D eigenvalue weighted by Gasteiger charge is 2.24. The van der Waals surface area contributed by atoms with E-state index in [1.54, 1.807) is 24.4 Å². The number of nitrogens with zero attached hydrogens (tertiary/aromatic N) is 3. The second-order valence-electron chi connectivity index (χ2n) is 7.41. The van der Waals surface area contributed by atoms with E-state index in [0.29, 0.717) is 53.3 Å². The van der Waals surface area contributed by atoms with Crippen LogP contribution in [0.15, 0.2) is 28.9 Å². The maximum atomic E-state index is 11.5. The van der Waals surface area contributed by atoms with Crippen molar-refractivity contribution in [2.45, 2.75) is 13.8 Å². The van der Waals surface area contributed by atoms with Gasteiger partial charge in [-0.25, -0.2) is 13.4 Å². The largest absolute Gasteiger partial charge is 0.490 e. The third-order valence-corrected chi connectivity index (χ3v) is 5.19. The van der Waals surface area contributed by atoms with E-state index < -0.39 is 10.0 Å². The van der Waals surface area contributed by atoms with E-state index in [4.69, 9.17) is 25.6 Å². The molecule has 2 aromatic heterocycles. The van der Waals surface area contributed by atoms with E-state index in [1.165, 1.54) is 0 Å². The molecule has 0 atom stereocenters. The van der Waals surface area contributed by atoms with E-state index in [0.717, 1.165) is 17.6 Å². The Hall–Kier alpha value is -2.72. The van der Waals surface area contributed by atoms with Crippen LogP contribution < -0.4 is 19.1 Å². The lowest BCUT2D eigenvalue weighted by atomic mass is 10.1. The normalized spacial score (nSPS) is 14.0. The maximum absolute atomic E-state index is 11.5. The third kappa shape index (κ3) is 4.24. The summed E-state index contributed by atoms with van der Waals surface area (Å²) >= 11 is 6.38. The van der Waals surface area contributed by atoms with Crippen molar-refractivity contribution in [2.75, 3.05) is 35.6 Å². The summed E-state index contributed by atoms with van der Waals surface area (Å²) in [6, 6.07) is 5.25. The maximum Gasteiger partial charge on any atom is 0.232 e. The SMILES string of the molecule is CC(C)COc1ncc(N2CCOc3cc4c(NS(C)(=O)=O)noc4cc32)cc1Cl. The van der Waals surface area contributed by atoms with Crippen LogP contribution in [-0.2, 0) is 10.0 Å². The van der Waals surface area contributed by atoms with Crippen LogP contribution in [0.4, 0.5) is 17.2 Å². The van der Waals surface area contributed by atoms with Crippen LogP contribution in [0.2, 0.25) is 5.02 Å². The first kappa shape index (κ1) is 20.5. The average molecular weight is 453 g/mol. The van der Waals surface area contributed by atoms with Crippen LogP contribution in [0.1, 0.15) is 13.8 Å². The lowest BCUT2D eigenvalue weighted by Gasteiger charge is -2.31. The van der Waals surface area contributed by atoms with E-state index in [9.17, 15) is 8.42 Å². The Morgan fingerprint density at radius 2 is 2.13 bits per heavy atom. The zero-order chi connectivity index (χ0) is 21.5. The van der Waals surface area contributed by atoms with Gasteiger partial charge in [-0.3, -0.25) is 4.72 Å². The number of hydrogen-bond donors (Lipinski definition) is 1. The van der Waals surface area contributed by atoms with Crippen LogP contribution in [0.5, 0.6) is 11.6 Å². The van der Waals surface area contributed by atoms with Crippen LogP contribution in [0.25, 0.3) is 11.0 Å². The fourth-order valence-electron chi connectivity index (χ4n) is 3.08. The Morgan fingerprint density at radius 1 is 1.33 bits per heavy atom. The van der Waals surface area contributed by atoms with Crippen LogP contribution in [0.3, 0.4) is 0 Å². The summed E-state index contributed by atoms with van der Waals surface area (Å²) in [4.78, 5) is 6.35. The van der Waals surface area contributed by atoms with Gasteiger partial charge in [-0.15, -0.1) is 0 Å². The molecule has 3 aromatic rings. The lowest BCUT2D eigenvalue weighted by Crippen LogP contribution is -2.28. The topological polar surface area (TPSA) is 107 Å². The number of fused-ring (bicyclic) bond motifs is 2. The molecular formula is C19H21ClN4O5S. The smallest absolute Gasteiger partial charge is 0.232 e. The molecule has 4 rings (SSSR count). The molecule has 1 N–H and O–H groups in total. The summed E-state index contributed by atoms with van der Waals surface area (Å²) in [7, 11) is -3.49. The van der Waals surface area contributed by atoms with Crippen LogP contribution in [0, 0.1) is 5.92 Å². The Morgan fingerprint density at radius 3 is 2.83 bits per heavy atom. The van der Waals surface area contributed by atoms with Gasteiger partial charge in [0.2, 0.25) is 15.9 Å². The number of nitrogens with one attached hydrogen (secondary N) is 1. The van der Waals surface area contributed by atoms with Crippen LogP contribution in [-0.4, -0.2) is 44.6 Å². The van der Waals surface area contributed by atoms with Crippen molar-refractivity contribution in [3.63, 3.8) is 0 Å². The number of pyridine rings is 1. The molecule has 0 saturated heterocycles. The summed E-state index contributed by atoms with van der Waals surface area (Å²) in [6.45, 7) is 5.63. The van der Waals surface area contributed by atoms with Gasteiger partial charge in [-0.1, -0.05) is 30.6 Å². The summed E-state index contributed by atoms with van der Waals surface area (Å²) in [6.07, 6.45) is 2.74. The van der Waals surface area contributed by atoms with E-state index >= 15 is 0 Å². The number of anilines is 3. The predicted octanol–water partition coefficient (Wildman–Crippen LogP) is 3.81. The Balaban J connectivity index is 1.68. The molecule has 0 amide bonds. The molecule has 3 heterocycles. The minimum absolute atomic E-state index is 0.118. The molecule has 1 aromatic carbocycles. The molecule has 9 nitrogen and oxygen atoms in total. The summed E-state index contributed by atoms with van der Waals surface area (Å²) in [5.41, 5.74) is 1.94.